The predicted molar refractivity (Wildman–Crippen MR) is 129 cm³/mol. The average Bonchev–Trinajstić information content (AvgIpc) is 2.84. The van der Waals surface area contributed by atoms with Gasteiger partial charge in [-0.2, -0.15) is 4.31 Å². The number of fused-ring (bicyclic) bond motifs is 1. The summed E-state index contributed by atoms with van der Waals surface area (Å²) in [4.78, 5) is 15.2. The van der Waals surface area contributed by atoms with Gasteiger partial charge in [-0.25, -0.2) is 12.8 Å². The van der Waals surface area contributed by atoms with Crippen LogP contribution in [0.1, 0.15) is 17.3 Å². The predicted octanol–water partition coefficient (Wildman–Crippen LogP) is 3.11. The first-order valence-corrected chi connectivity index (χ1v) is 12.7. The lowest BCUT2D eigenvalue weighted by molar-refractivity contribution is 0.0943. The molecule has 1 amide bonds. The van der Waals surface area contributed by atoms with Crippen LogP contribution < -0.4 is 10.1 Å². The molecule has 3 aromatic carbocycles. The van der Waals surface area contributed by atoms with Crippen LogP contribution in [0.3, 0.4) is 0 Å². The Balaban J connectivity index is 1.33. The lowest BCUT2D eigenvalue weighted by Crippen LogP contribution is -2.50. The van der Waals surface area contributed by atoms with Gasteiger partial charge < -0.3 is 10.1 Å². The zero-order chi connectivity index (χ0) is 24.1. The molecular formula is C25H28FN3O4S. The molecule has 1 fully saturated rings. The summed E-state index contributed by atoms with van der Waals surface area (Å²) in [5.41, 5.74) is 0.523. The molecule has 9 heteroatoms. The van der Waals surface area contributed by atoms with Crippen molar-refractivity contribution >= 4 is 26.7 Å². The normalized spacial score (nSPS) is 15.4. The summed E-state index contributed by atoms with van der Waals surface area (Å²) in [5.74, 6) is -0.112. The lowest BCUT2D eigenvalue weighted by Gasteiger charge is -2.34. The van der Waals surface area contributed by atoms with E-state index < -0.39 is 15.8 Å². The monoisotopic (exact) mass is 485 g/mol. The van der Waals surface area contributed by atoms with Gasteiger partial charge in [0.05, 0.1) is 17.1 Å². The highest BCUT2D eigenvalue weighted by Gasteiger charge is 2.28. The molecule has 4 rings (SSSR count). The van der Waals surface area contributed by atoms with Crippen molar-refractivity contribution in [2.24, 2.45) is 0 Å². The molecule has 1 saturated heterocycles. The topological polar surface area (TPSA) is 79.0 Å². The van der Waals surface area contributed by atoms with E-state index in [9.17, 15) is 17.6 Å². The Morgan fingerprint density at radius 2 is 1.71 bits per heavy atom. The number of nitrogens with zero attached hydrogens (tertiary/aromatic N) is 2. The van der Waals surface area contributed by atoms with Gasteiger partial charge in [-0.05, 0) is 48.0 Å². The zero-order valence-electron chi connectivity index (χ0n) is 19.0. The first-order valence-electron chi connectivity index (χ1n) is 11.3. The molecule has 34 heavy (non-hydrogen) atoms. The zero-order valence-corrected chi connectivity index (χ0v) is 19.9. The maximum atomic E-state index is 13.1. The number of benzene rings is 3. The summed E-state index contributed by atoms with van der Waals surface area (Å²) in [6.07, 6.45) is 0. The van der Waals surface area contributed by atoms with Crippen LogP contribution >= 0.6 is 0 Å². The van der Waals surface area contributed by atoms with Gasteiger partial charge >= 0.3 is 0 Å². The number of halogens is 1. The second kappa shape index (κ2) is 10.5. The molecule has 1 heterocycles. The van der Waals surface area contributed by atoms with E-state index in [-0.39, 0.29) is 10.8 Å². The van der Waals surface area contributed by atoms with Crippen LogP contribution in [-0.2, 0) is 10.0 Å². The molecule has 0 aromatic heterocycles. The van der Waals surface area contributed by atoms with E-state index in [0.717, 1.165) is 22.9 Å². The number of nitrogens with one attached hydrogen (secondary N) is 1. The Bertz CT molecular complexity index is 1260. The first-order chi connectivity index (χ1) is 16.4. The van der Waals surface area contributed by atoms with Crippen molar-refractivity contribution in [3.8, 4) is 5.75 Å². The molecule has 0 radical (unpaired) electrons. The van der Waals surface area contributed by atoms with Crippen LogP contribution in [0.2, 0.25) is 0 Å². The van der Waals surface area contributed by atoms with Gasteiger partial charge in [-0.1, -0.05) is 30.3 Å². The third-order valence-electron chi connectivity index (χ3n) is 5.91. The minimum atomic E-state index is -3.65. The molecule has 0 saturated carbocycles. The largest absolute Gasteiger partial charge is 0.493 e. The van der Waals surface area contributed by atoms with Crippen LogP contribution in [-0.4, -0.2) is 69.4 Å². The van der Waals surface area contributed by atoms with Crippen molar-refractivity contribution in [2.45, 2.75) is 11.8 Å². The summed E-state index contributed by atoms with van der Waals surface area (Å²) in [7, 11) is -3.65. The fourth-order valence-electron chi connectivity index (χ4n) is 4.13. The maximum absolute atomic E-state index is 13.1. The number of piperazine rings is 1. The highest BCUT2D eigenvalue weighted by molar-refractivity contribution is 7.89. The van der Waals surface area contributed by atoms with E-state index in [0.29, 0.717) is 57.2 Å². The summed E-state index contributed by atoms with van der Waals surface area (Å²) < 4.78 is 45.8. The van der Waals surface area contributed by atoms with Crippen molar-refractivity contribution in [1.29, 1.82) is 0 Å². The van der Waals surface area contributed by atoms with Crippen LogP contribution in [0, 0.1) is 5.82 Å². The highest BCUT2D eigenvalue weighted by Crippen LogP contribution is 2.28. The second-order valence-corrected chi connectivity index (χ2v) is 9.99. The van der Waals surface area contributed by atoms with Gasteiger partial charge in [0.2, 0.25) is 10.0 Å². The molecule has 1 aliphatic heterocycles. The maximum Gasteiger partial charge on any atom is 0.255 e. The number of carbonyl (C=O) groups is 1. The second-order valence-electron chi connectivity index (χ2n) is 8.05. The van der Waals surface area contributed by atoms with Gasteiger partial charge in [-0.3, -0.25) is 9.69 Å². The van der Waals surface area contributed by atoms with Crippen LogP contribution in [0.4, 0.5) is 4.39 Å². The smallest absolute Gasteiger partial charge is 0.255 e. The number of carbonyl (C=O) groups excluding carboxylic acids is 1. The average molecular weight is 486 g/mol. The van der Waals surface area contributed by atoms with E-state index in [1.54, 1.807) is 0 Å². The molecule has 0 unspecified atom stereocenters. The van der Waals surface area contributed by atoms with E-state index in [1.807, 2.05) is 43.3 Å². The Morgan fingerprint density at radius 3 is 2.41 bits per heavy atom. The molecular weight excluding hydrogens is 457 g/mol. The van der Waals surface area contributed by atoms with E-state index >= 15 is 0 Å². The van der Waals surface area contributed by atoms with Crippen molar-refractivity contribution in [3.05, 3.63) is 72.0 Å². The number of rotatable bonds is 8. The molecule has 3 aromatic rings. The standard InChI is InChI=1S/C25H28FN3O4S/c1-2-33-23-12-7-19-5-3-4-6-22(19)24(23)25(30)27-13-14-28-15-17-29(18-16-28)34(31,32)21-10-8-20(26)9-11-21/h3-12H,2,13-18H2,1H3,(H,27,30). The molecule has 0 aliphatic carbocycles. The molecule has 0 atom stereocenters. The molecule has 1 aliphatic rings. The fourth-order valence-corrected chi connectivity index (χ4v) is 5.55. The van der Waals surface area contributed by atoms with Crippen molar-refractivity contribution < 1.29 is 22.3 Å². The lowest BCUT2D eigenvalue weighted by atomic mass is 10.0. The molecule has 0 spiro atoms. The van der Waals surface area contributed by atoms with Gasteiger partial charge in [-0.15, -0.1) is 0 Å². The van der Waals surface area contributed by atoms with Crippen LogP contribution in [0.15, 0.2) is 65.6 Å². The highest BCUT2D eigenvalue weighted by atomic mass is 32.2. The van der Waals surface area contributed by atoms with Crippen LogP contribution in [0.25, 0.3) is 10.8 Å². The minimum absolute atomic E-state index is 0.0924. The molecule has 1 N–H and O–H groups in total. The third kappa shape index (κ3) is 5.22. The molecule has 7 nitrogen and oxygen atoms in total. The van der Waals surface area contributed by atoms with Crippen molar-refractivity contribution in [2.75, 3.05) is 45.9 Å². The summed E-state index contributed by atoms with van der Waals surface area (Å²) >= 11 is 0. The Hall–Kier alpha value is -3.01. The SMILES string of the molecule is CCOc1ccc2ccccc2c1C(=O)NCCN1CCN(S(=O)(=O)c2ccc(F)cc2)CC1. The van der Waals surface area contributed by atoms with Crippen molar-refractivity contribution in [1.82, 2.24) is 14.5 Å². The minimum Gasteiger partial charge on any atom is -0.493 e. The Kier molecular flexibility index (Phi) is 7.45. The van der Waals surface area contributed by atoms with E-state index in [2.05, 4.69) is 10.2 Å². The van der Waals surface area contributed by atoms with Crippen molar-refractivity contribution in [3.63, 3.8) is 0 Å². The van der Waals surface area contributed by atoms with Gasteiger partial charge in [0.15, 0.2) is 0 Å². The Labute approximate surface area is 199 Å². The first kappa shape index (κ1) is 24.1. The van der Waals surface area contributed by atoms with E-state index in [1.165, 1.54) is 16.4 Å². The number of hydrogen-bond donors (Lipinski definition) is 1. The van der Waals surface area contributed by atoms with E-state index in [4.69, 9.17) is 4.74 Å². The number of ether oxygens (including phenoxy) is 1. The molecule has 0 bridgehead atoms. The Morgan fingerprint density at radius 1 is 1.00 bits per heavy atom. The fraction of sp³-hybridized carbons (Fsp3) is 0.320. The number of hydrogen-bond acceptors (Lipinski definition) is 5. The van der Waals surface area contributed by atoms with Gasteiger partial charge in [0.25, 0.3) is 5.91 Å². The van der Waals surface area contributed by atoms with Gasteiger partial charge in [0.1, 0.15) is 11.6 Å². The molecule has 180 valence electrons. The third-order valence-corrected chi connectivity index (χ3v) is 7.83. The summed E-state index contributed by atoms with van der Waals surface area (Å²) in [6, 6.07) is 16.3. The summed E-state index contributed by atoms with van der Waals surface area (Å²) in [5, 5.41) is 4.79. The summed E-state index contributed by atoms with van der Waals surface area (Å²) in [6.45, 7) is 5.15. The quantitative estimate of drug-likeness (QED) is 0.531. The van der Waals surface area contributed by atoms with Gasteiger partial charge in [0, 0.05) is 39.3 Å². The van der Waals surface area contributed by atoms with Crippen LogP contribution in [0.5, 0.6) is 5.75 Å². The number of sulfonamides is 1. The number of amides is 1.